The average Bonchev–Trinajstić information content (AvgIpc) is 2.86. The third-order valence-corrected chi connectivity index (χ3v) is 4.51. The number of rotatable bonds is 8. The first-order valence-corrected chi connectivity index (χ1v) is 8.98. The Bertz CT molecular complexity index is 772. The quantitative estimate of drug-likeness (QED) is 0.496. The van der Waals surface area contributed by atoms with Gasteiger partial charge >= 0.3 is 0 Å². The van der Waals surface area contributed by atoms with Crippen LogP contribution in [-0.4, -0.2) is 49.5 Å². The molecule has 0 aliphatic carbocycles. The fourth-order valence-electron chi connectivity index (χ4n) is 2.21. The number of ether oxygens (including phenoxy) is 3. The van der Waals surface area contributed by atoms with E-state index >= 15 is 0 Å². The largest absolute Gasteiger partial charge is 0.490 e. The molecular weight excluding hydrogens is 378 g/mol. The Labute approximate surface area is 161 Å². The summed E-state index contributed by atoms with van der Waals surface area (Å²) in [5.41, 5.74) is 0.615. The van der Waals surface area contributed by atoms with E-state index in [0.717, 1.165) is 16.7 Å². The first kappa shape index (κ1) is 20.2. The number of halogens is 1. The number of amides is 2. The van der Waals surface area contributed by atoms with Gasteiger partial charge in [0.15, 0.2) is 11.5 Å². The van der Waals surface area contributed by atoms with Gasteiger partial charge in [0.25, 0.3) is 11.1 Å². The van der Waals surface area contributed by atoms with Crippen LogP contribution in [0.4, 0.5) is 4.79 Å². The van der Waals surface area contributed by atoms with Gasteiger partial charge in [-0.05, 0) is 42.5 Å². The Hall–Kier alpha value is -2.14. The summed E-state index contributed by atoms with van der Waals surface area (Å²) in [4.78, 5) is 25.8. The Morgan fingerprint density at radius 2 is 2.12 bits per heavy atom. The maximum absolute atomic E-state index is 12.4. The van der Waals surface area contributed by atoms with E-state index in [4.69, 9.17) is 32.2 Å². The highest BCUT2D eigenvalue weighted by Crippen LogP contribution is 2.39. The Morgan fingerprint density at radius 1 is 1.35 bits per heavy atom. The number of benzene rings is 1. The first-order valence-electron chi connectivity index (χ1n) is 7.78. The highest BCUT2D eigenvalue weighted by atomic mass is 35.5. The number of carbonyl (C=O) groups is 2. The van der Waals surface area contributed by atoms with Gasteiger partial charge < -0.3 is 14.2 Å². The van der Waals surface area contributed by atoms with E-state index in [1.54, 1.807) is 18.2 Å². The van der Waals surface area contributed by atoms with Crippen molar-refractivity contribution in [1.29, 1.82) is 0 Å². The third kappa shape index (κ3) is 4.73. The van der Waals surface area contributed by atoms with Crippen LogP contribution in [0.15, 0.2) is 17.0 Å². The van der Waals surface area contributed by atoms with Crippen LogP contribution in [0, 0.1) is 12.3 Å². The highest BCUT2D eigenvalue weighted by Gasteiger charge is 2.34. The van der Waals surface area contributed by atoms with Gasteiger partial charge in [-0.25, -0.2) is 0 Å². The minimum atomic E-state index is -0.362. The van der Waals surface area contributed by atoms with Crippen LogP contribution < -0.4 is 9.47 Å². The van der Waals surface area contributed by atoms with Gasteiger partial charge in [0.05, 0.1) is 29.7 Å². The molecule has 0 atom stereocenters. The molecule has 1 aromatic carbocycles. The molecular formula is C18H18ClNO5S. The zero-order chi connectivity index (χ0) is 19.1. The Kier molecular flexibility index (Phi) is 7.39. The normalized spacial score (nSPS) is 15.5. The summed E-state index contributed by atoms with van der Waals surface area (Å²) in [6.45, 7) is 2.78. The van der Waals surface area contributed by atoms with E-state index in [0.29, 0.717) is 33.6 Å². The van der Waals surface area contributed by atoms with E-state index in [1.165, 1.54) is 7.11 Å². The first-order chi connectivity index (χ1) is 12.5. The van der Waals surface area contributed by atoms with E-state index in [2.05, 4.69) is 5.92 Å². The molecule has 6 nitrogen and oxygen atoms in total. The number of methoxy groups -OCH3 is 1. The molecule has 0 N–H and O–H groups in total. The SMILES string of the molecule is C#CCOc1c(Cl)cc(/C=C2/SC(=O)N(CCOC)C2=O)cc1OCC. The number of carbonyl (C=O) groups excluding carboxylic acids is 2. The predicted molar refractivity (Wildman–Crippen MR) is 102 cm³/mol. The Balaban J connectivity index is 2.31. The number of nitrogens with zero attached hydrogens (tertiary/aromatic N) is 1. The standard InChI is InChI=1S/C18H18ClNO5S/c1-4-7-25-16-13(19)9-12(10-14(16)24-5-2)11-15-17(21)20(6-8-23-3)18(22)26-15/h1,9-11H,5-8H2,2-3H3/b15-11+. The molecule has 138 valence electrons. The summed E-state index contributed by atoms with van der Waals surface area (Å²) in [6, 6.07) is 3.31. The fraction of sp³-hybridized carbons (Fsp3) is 0.333. The van der Waals surface area contributed by atoms with Crippen LogP contribution >= 0.6 is 23.4 Å². The smallest absolute Gasteiger partial charge is 0.293 e. The summed E-state index contributed by atoms with van der Waals surface area (Å²) in [6.07, 6.45) is 6.81. The molecule has 2 amide bonds. The number of hydrogen-bond donors (Lipinski definition) is 0. The molecule has 2 rings (SSSR count). The molecule has 0 spiro atoms. The minimum absolute atomic E-state index is 0.0531. The monoisotopic (exact) mass is 395 g/mol. The molecule has 1 fully saturated rings. The number of hydrogen-bond acceptors (Lipinski definition) is 6. The second kappa shape index (κ2) is 9.53. The van der Waals surface area contributed by atoms with Gasteiger partial charge in [-0.2, -0.15) is 0 Å². The van der Waals surface area contributed by atoms with Crippen LogP contribution in [0.5, 0.6) is 11.5 Å². The summed E-state index contributed by atoms with van der Waals surface area (Å²) in [5.74, 6) is 2.77. The maximum atomic E-state index is 12.4. The number of thioether (sulfide) groups is 1. The van der Waals surface area contributed by atoms with Gasteiger partial charge in [-0.1, -0.05) is 17.5 Å². The van der Waals surface area contributed by atoms with Crippen molar-refractivity contribution in [3.63, 3.8) is 0 Å². The summed E-state index contributed by atoms with van der Waals surface area (Å²) >= 11 is 7.14. The second-order valence-electron chi connectivity index (χ2n) is 5.08. The maximum Gasteiger partial charge on any atom is 0.293 e. The molecule has 0 aromatic heterocycles. The van der Waals surface area contributed by atoms with Gasteiger partial charge in [-0.3, -0.25) is 14.5 Å². The fourth-order valence-corrected chi connectivity index (χ4v) is 3.35. The molecule has 0 unspecified atom stereocenters. The van der Waals surface area contributed by atoms with Gasteiger partial charge in [0, 0.05) is 7.11 Å². The Morgan fingerprint density at radius 3 is 2.77 bits per heavy atom. The second-order valence-corrected chi connectivity index (χ2v) is 6.48. The average molecular weight is 396 g/mol. The van der Waals surface area contributed by atoms with Crippen LogP contribution in [0.1, 0.15) is 12.5 Å². The lowest BCUT2D eigenvalue weighted by molar-refractivity contribution is -0.123. The summed E-state index contributed by atoms with van der Waals surface area (Å²) in [5, 5.41) is -0.0283. The lowest BCUT2D eigenvalue weighted by Gasteiger charge is -2.13. The highest BCUT2D eigenvalue weighted by molar-refractivity contribution is 8.18. The molecule has 1 aliphatic rings. The third-order valence-electron chi connectivity index (χ3n) is 3.32. The van der Waals surface area contributed by atoms with Crippen LogP contribution in [0.25, 0.3) is 6.08 Å². The van der Waals surface area contributed by atoms with Crippen molar-refractivity contribution in [2.24, 2.45) is 0 Å². The lowest BCUT2D eigenvalue weighted by Crippen LogP contribution is -2.31. The van der Waals surface area contributed by atoms with Crippen molar-refractivity contribution in [2.45, 2.75) is 6.92 Å². The van der Waals surface area contributed by atoms with Gasteiger partial charge in [0.2, 0.25) is 0 Å². The van der Waals surface area contributed by atoms with Crippen molar-refractivity contribution in [1.82, 2.24) is 4.90 Å². The summed E-state index contributed by atoms with van der Waals surface area (Å²) < 4.78 is 15.9. The molecule has 8 heteroatoms. The lowest BCUT2D eigenvalue weighted by atomic mass is 10.1. The number of imide groups is 1. The van der Waals surface area contributed by atoms with Crippen LogP contribution in [-0.2, 0) is 9.53 Å². The molecule has 1 aliphatic heterocycles. The van der Waals surface area contributed by atoms with Crippen molar-refractivity contribution >= 4 is 40.6 Å². The van der Waals surface area contributed by atoms with Crippen molar-refractivity contribution in [2.75, 3.05) is 33.5 Å². The van der Waals surface area contributed by atoms with E-state index in [-0.39, 0.29) is 30.9 Å². The predicted octanol–water partition coefficient (Wildman–Crippen LogP) is 3.43. The molecule has 1 aromatic rings. The van der Waals surface area contributed by atoms with E-state index < -0.39 is 0 Å². The van der Waals surface area contributed by atoms with Crippen molar-refractivity contribution in [3.05, 3.63) is 27.6 Å². The topological polar surface area (TPSA) is 65.1 Å². The molecule has 0 radical (unpaired) electrons. The van der Waals surface area contributed by atoms with Crippen LogP contribution in [0.3, 0.4) is 0 Å². The van der Waals surface area contributed by atoms with E-state index in [1.807, 2.05) is 6.92 Å². The summed E-state index contributed by atoms with van der Waals surface area (Å²) in [7, 11) is 1.51. The van der Waals surface area contributed by atoms with Crippen molar-refractivity contribution in [3.8, 4) is 23.8 Å². The van der Waals surface area contributed by atoms with Crippen LogP contribution in [0.2, 0.25) is 5.02 Å². The van der Waals surface area contributed by atoms with E-state index in [9.17, 15) is 9.59 Å². The zero-order valence-corrected chi connectivity index (χ0v) is 16.0. The minimum Gasteiger partial charge on any atom is -0.490 e. The van der Waals surface area contributed by atoms with Gasteiger partial charge in [-0.15, -0.1) is 6.42 Å². The molecule has 26 heavy (non-hydrogen) atoms. The molecule has 1 saturated heterocycles. The zero-order valence-electron chi connectivity index (χ0n) is 14.4. The molecule has 0 bridgehead atoms. The number of terminal acetylenes is 1. The molecule has 1 heterocycles. The van der Waals surface area contributed by atoms with Crippen molar-refractivity contribution < 1.29 is 23.8 Å². The molecule has 0 saturated carbocycles. The van der Waals surface area contributed by atoms with Gasteiger partial charge in [0.1, 0.15) is 6.61 Å².